The number of rotatable bonds is 4. The predicted molar refractivity (Wildman–Crippen MR) is 78.9 cm³/mol. The van der Waals surface area contributed by atoms with E-state index in [2.05, 4.69) is 4.98 Å². The molecule has 0 fully saturated rings. The molecule has 1 heterocycles. The lowest BCUT2D eigenvalue weighted by Crippen LogP contribution is -2.27. The van der Waals surface area contributed by atoms with Crippen molar-refractivity contribution in [2.24, 2.45) is 5.73 Å². The molecule has 2 aromatic rings. The lowest BCUT2D eigenvalue weighted by atomic mass is 10.1. The van der Waals surface area contributed by atoms with Gasteiger partial charge in [0.2, 0.25) is 0 Å². The third kappa shape index (κ3) is 2.81. The molecule has 0 bridgehead atoms. The van der Waals surface area contributed by atoms with Gasteiger partial charge >= 0.3 is 0 Å². The monoisotopic (exact) mass is 291 g/mol. The van der Waals surface area contributed by atoms with Crippen LogP contribution < -0.4 is 10.0 Å². The number of aromatic nitrogens is 1. The molecule has 0 saturated carbocycles. The molecule has 106 valence electrons. The molecule has 1 aromatic heterocycles. The zero-order chi connectivity index (χ0) is 14.8. The van der Waals surface area contributed by atoms with E-state index in [0.29, 0.717) is 5.82 Å². The van der Waals surface area contributed by atoms with Crippen molar-refractivity contribution in [2.75, 3.05) is 11.4 Å². The summed E-state index contributed by atoms with van der Waals surface area (Å²) < 4.78 is 26.3. The minimum absolute atomic E-state index is 0.209. The normalized spacial score (nSPS) is 12.9. The number of hydrogen-bond acceptors (Lipinski definition) is 4. The zero-order valence-corrected chi connectivity index (χ0v) is 12.2. The molecule has 20 heavy (non-hydrogen) atoms. The number of anilines is 1. The summed E-state index contributed by atoms with van der Waals surface area (Å²) in [6.45, 7) is 1.81. The number of pyridine rings is 1. The van der Waals surface area contributed by atoms with Crippen molar-refractivity contribution in [1.29, 1.82) is 0 Å². The van der Waals surface area contributed by atoms with Crippen LogP contribution in [-0.2, 0) is 10.0 Å². The molecule has 2 N–H and O–H groups in total. The Morgan fingerprint density at radius 3 is 2.55 bits per heavy atom. The third-order valence-electron chi connectivity index (χ3n) is 3.01. The quantitative estimate of drug-likeness (QED) is 0.933. The summed E-state index contributed by atoms with van der Waals surface area (Å²) in [6.07, 6.45) is 1.56. The van der Waals surface area contributed by atoms with Crippen LogP contribution in [0, 0.1) is 0 Å². The Balaban J connectivity index is 2.43. The molecule has 0 radical (unpaired) electrons. The van der Waals surface area contributed by atoms with Gasteiger partial charge < -0.3 is 5.73 Å². The molecule has 0 saturated heterocycles. The maximum atomic E-state index is 12.6. The second-order valence-corrected chi connectivity index (χ2v) is 6.49. The van der Waals surface area contributed by atoms with Gasteiger partial charge in [0.25, 0.3) is 10.0 Å². The van der Waals surface area contributed by atoms with Gasteiger partial charge in [0.15, 0.2) is 0 Å². The van der Waals surface area contributed by atoms with E-state index < -0.39 is 10.0 Å². The fourth-order valence-electron chi connectivity index (χ4n) is 1.78. The number of sulfonamides is 1. The number of nitrogens with zero attached hydrogens (tertiary/aromatic N) is 2. The first-order chi connectivity index (χ1) is 9.43. The van der Waals surface area contributed by atoms with E-state index in [0.717, 1.165) is 9.87 Å². The summed E-state index contributed by atoms with van der Waals surface area (Å²) in [7, 11) is -2.15. The highest BCUT2D eigenvalue weighted by molar-refractivity contribution is 7.92. The van der Waals surface area contributed by atoms with Gasteiger partial charge in [0, 0.05) is 19.3 Å². The maximum absolute atomic E-state index is 12.6. The summed E-state index contributed by atoms with van der Waals surface area (Å²) in [6, 6.07) is 11.6. The van der Waals surface area contributed by atoms with E-state index in [9.17, 15) is 8.42 Å². The van der Waals surface area contributed by atoms with E-state index in [1.54, 1.807) is 42.6 Å². The van der Waals surface area contributed by atoms with Crippen LogP contribution in [0.15, 0.2) is 53.6 Å². The van der Waals surface area contributed by atoms with Crippen molar-refractivity contribution in [3.63, 3.8) is 0 Å². The first kappa shape index (κ1) is 14.5. The highest BCUT2D eigenvalue weighted by Gasteiger charge is 2.22. The van der Waals surface area contributed by atoms with Crippen LogP contribution in [0.2, 0.25) is 0 Å². The molecular formula is C14H17N3O2S. The largest absolute Gasteiger partial charge is 0.324 e. The predicted octanol–water partition coefficient (Wildman–Crippen LogP) is 1.93. The van der Waals surface area contributed by atoms with E-state index >= 15 is 0 Å². The maximum Gasteiger partial charge on any atom is 0.265 e. The fraction of sp³-hybridized carbons (Fsp3) is 0.214. The van der Waals surface area contributed by atoms with Gasteiger partial charge in [-0.3, -0.25) is 4.31 Å². The minimum atomic E-state index is -3.63. The van der Waals surface area contributed by atoms with Crippen LogP contribution in [0.1, 0.15) is 18.5 Å². The van der Waals surface area contributed by atoms with Crippen molar-refractivity contribution in [3.05, 3.63) is 54.2 Å². The van der Waals surface area contributed by atoms with Gasteiger partial charge in [-0.1, -0.05) is 18.2 Å². The first-order valence-electron chi connectivity index (χ1n) is 6.18. The summed E-state index contributed by atoms with van der Waals surface area (Å²) in [5.74, 6) is 0.374. The second kappa shape index (κ2) is 5.60. The van der Waals surface area contributed by atoms with Crippen LogP contribution in [0.3, 0.4) is 0 Å². The molecule has 1 atom stereocenters. The van der Waals surface area contributed by atoms with Crippen molar-refractivity contribution < 1.29 is 8.42 Å². The van der Waals surface area contributed by atoms with E-state index in [-0.39, 0.29) is 10.9 Å². The summed E-state index contributed by atoms with van der Waals surface area (Å²) in [5.41, 5.74) is 6.57. The molecule has 0 spiro atoms. The Morgan fingerprint density at radius 1 is 1.20 bits per heavy atom. The van der Waals surface area contributed by atoms with Gasteiger partial charge in [-0.2, -0.15) is 0 Å². The van der Waals surface area contributed by atoms with E-state index in [1.165, 1.54) is 7.05 Å². The van der Waals surface area contributed by atoms with Crippen LogP contribution in [0.5, 0.6) is 0 Å². The Hall–Kier alpha value is -1.92. The number of nitrogens with two attached hydrogens (primary N) is 1. The summed E-state index contributed by atoms with van der Waals surface area (Å²) >= 11 is 0. The smallest absolute Gasteiger partial charge is 0.265 e. The Bertz CT molecular complexity index is 685. The van der Waals surface area contributed by atoms with Gasteiger partial charge in [-0.15, -0.1) is 0 Å². The van der Waals surface area contributed by atoms with Gasteiger partial charge in [0.1, 0.15) is 5.82 Å². The second-order valence-electron chi connectivity index (χ2n) is 4.52. The Labute approximate surface area is 119 Å². The molecule has 1 unspecified atom stereocenters. The molecule has 0 aliphatic rings. The molecule has 1 aromatic carbocycles. The average Bonchev–Trinajstić information content (AvgIpc) is 2.47. The topological polar surface area (TPSA) is 76.3 Å². The van der Waals surface area contributed by atoms with Gasteiger partial charge in [0.05, 0.1) is 4.90 Å². The lowest BCUT2D eigenvalue weighted by molar-refractivity contribution is 0.593. The minimum Gasteiger partial charge on any atom is -0.324 e. The standard InChI is InChI=1S/C14H17N3O2S/c1-11(15)12-6-5-7-13(10-12)20(18,19)17(2)14-8-3-4-9-16-14/h3-11H,15H2,1-2H3. The molecular weight excluding hydrogens is 274 g/mol. The average molecular weight is 291 g/mol. The zero-order valence-electron chi connectivity index (χ0n) is 11.4. The van der Waals surface area contributed by atoms with Crippen molar-refractivity contribution in [2.45, 2.75) is 17.9 Å². The van der Waals surface area contributed by atoms with Gasteiger partial charge in [-0.05, 0) is 36.8 Å². The number of benzene rings is 1. The summed E-state index contributed by atoms with van der Waals surface area (Å²) in [4.78, 5) is 4.26. The van der Waals surface area contributed by atoms with Gasteiger partial charge in [-0.25, -0.2) is 13.4 Å². The highest BCUT2D eigenvalue weighted by Crippen LogP contribution is 2.22. The number of hydrogen-bond donors (Lipinski definition) is 1. The first-order valence-corrected chi connectivity index (χ1v) is 7.62. The molecule has 0 aliphatic heterocycles. The Kier molecular flexibility index (Phi) is 4.06. The fourth-order valence-corrected chi connectivity index (χ4v) is 2.99. The van der Waals surface area contributed by atoms with Crippen LogP contribution in [0.25, 0.3) is 0 Å². The SMILES string of the molecule is CC(N)c1cccc(S(=O)(=O)N(C)c2ccccn2)c1. The Morgan fingerprint density at radius 2 is 1.95 bits per heavy atom. The van der Waals surface area contributed by atoms with Crippen molar-refractivity contribution in [1.82, 2.24) is 4.98 Å². The third-order valence-corrected chi connectivity index (χ3v) is 4.77. The molecule has 0 amide bonds. The lowest BCUT2D eigenvalue weighted by Gasteiger charge is -2.19. The van der Waals surface area contributed by atoms with Crippen molar-refractivity contribution >= 4 is 15.8 Å². The van der Waals surface area contributed by atoms with Crippen LogP contribution >= 0.6 is 0 Å². The summed E-state index contributed by atoms with van der Waals surface area (Å²) in [5, 5.41) is 0. The van der Waals surface area contributed by atoms with Crippen LogP contribution in [0.4, 0.5) is 5.82 Å². The van der Waals surface area contributed by atoms with Crippen LogP contribution in [-0.4, -0.2) is 20.4 Å². The molecule has 2 rings (SSSR count). The highest BCUT2D eigenvalue weighted by atomic mass is 32.2. The van der Waals surface area contributed by atoms with E-state index in [1.807, 2.05) is 13.0 Å². The van der Waals surface area contributed by atoms with E-state index in [4.69, 9.17) is 5.73 Å². The molecule has 0 aliphatic carbocycles. The van der Waals surface area contributed by atoms with Crippen molar-refractivity contribution in [3.8, 4) is 0 Å². The molecule has 5 nitrogen and oxygen atoms in total. The molecule has 6 heteroatoms.